The molecule has 2 heterocycles. The van der Waals surface area contributed by atoms with Gasteiger partial charge in [-0.2, -0.15) is 5.10 Å². The molecule has 0 aliphatic carbocycles. The molecule has 0 spiro atoms. The fourth-order valence-electron chi connectivity index (χ4n) is 2.43. The lowest BCUT2D eigenvalue weighted by Gasteiger charge is -2.00. The number of hydrogen-bond acceptors (Lipinski definition) is 3. The van der Waals surface area contributed by atoms with Crippen molar-refractivity contribution in [3.8, 4) is 22.6 Å². The highest BCUT2D eigenvalue weighted by molar-refractivity contribution is 6.30. The van der Waals surface area contributed by atoms with E-state index in [9.17, 15) is 4.79 Å². The van der Waals surface area contributed by atoms with Crippen molar-refractivity contribution in [2.45, 2.75) is 0 Å². The molecule has 4 rings (SSSR count). The third-order valence-electron chi connectivity index (χ3n) is 3.59. The SMILES string of the molecule is O=c1oc(-c2ccccc2)cn2nc(-c3ccc(Cl)cc3)cc12. The predicted octanol–water partition coefficient (Wildman–Crippen LogP) is 4.27. The summed E-state index contributed by atoms with van der Waals surface area (Å²) in [5, 5.41) is 5.13. The number of hydrogen-bond donors (Lipinski definition) is 0. The highest BCUT2D eigenvalue weighted by atomic mass is 35.5. The van der Waals surface area contributed by atoms with Crippen molar-refractivity contribution in [3.63, 3.8) is 0 Å². The van der Waals surface area contributed by atoms with Crippen molar-refractivity contribution in [2.75, 3.05) is 0 Å². The zero-order chi connectivity index (χ0) is 15.8. The van der Waals surface area contributed by atoms with E-state index in [0.717, 1.165) is 11.1 Å². The lowest BCUT2D eigenvalue weighted by Crippen LogP contribution is -2.04. The Kier molecular flexibility index (Phi) is 3.24. The lowest BCUT2D eigenvalue weighted by molar-refractivity contribution is 0.521. The van der Waals surface area contributed by atoms with Crippen LogP contribution in [0.25, 0.3) is 28.1 Å². The Balaban J connectivity index is 1.87. The summed E-state index contributed by atoms with van der Waals surface area (Å²) < 4.78 is 6.96. The molecule has 0 unspecified atom stereocenters. The van der Waals surface area contributed by atoms with Gasteiger partial charge >= 0.3 is 5.63 Å². The van der Waals surface area contributed by atoms with E-state index in [0.29, 0.717) is 22.0 Å². The molecule has 2 aromatic heterocycles. The van der Waals surface area contributed by atoms with E-state index in [1.54, 1.807) is 28.9 Å². The summed E-state index contributed by atoms with van der Waals surface area (Å²) in [5.74, 6) is 0.480. The van der Waals surface area contributed by atoms with Crippen LogP contribution in [0.3, 0.4) is 0 Å². The third kappa shape index (κ3) is 2.53. The van der Waals surface area contributed by atoms with Crippen molar-refractivity contribution in [1.82, 2.24) is 9.61 Å². The van der Waals surface area contributed by atoms with Gasteiger partial charge in [-0.05, 0) is 18.2 Å². The van der Waals surface area contributed by atoms with Gasteiger partial charge in [-0.15, -0.1) is 0 Å². The lowest BCUT2D eigenvalue weighted by atomic mass is 10.1. The Morgan fingerprint density at radius 2 is 1.70 bits per heavy atom. The average molecular weight is 323 g/mol. The summed E-state index contributed by atoms with van der Waals surface area (Å²) in [5.41, 5.74) is 2.39. The van der Waals surface area contributed by atoms with Crippen LogP contribution in [0, 0.1) is 0 Å². The fourth-order valence-corrected chi connectivity index (χ4v) is 2.56. The Hall–Kier alpha value is -2.85. The second-order valence-corrected chi connectivity index (χ2v) is 5.55. The summed E-state index contributed by atoms with van der Waals surface area (Å²) in [6, 6.07) is 18.5. The average Bonchev–Trinajstić information content (AvgIpc) is 3.01. The first-order chi connectivity index (χ1) is 11.2. The first kappa shape index (κ1) is 13.8. The van der Waals surface area contributed by atoms with E-state index < -0.39 is 5.63 Å². The second kappa shape index (κ2) is 5.41. The highest BCUT2D eigenvalue weighted by Crippen LogP contribution is 2.23. The van der Waals surface area contributed by atoms with Gasteiger partial charge in [-0.25, -0.2) is 9.31 Å². The van der Waals surface area contributed by atoms with Crippen LogP contribution in [0.5, 0.6) is 0 Å². The van der Waals surface area contributed by atoms with E-state index in [-0.39, 0.29) is 0 Å². The minimum absolute atomic E-state index is 0.398. The van der Waals surface area contributed by atoms with Crippen LogP contribution >= 0.6 is 11.6 Å². The van der Waals surface area contributed by atoms with E-state index in [2.05, 4.69) is 5.10 Å². The van der Waals surface area contributed by atoms with E-state index in [1.165, 1.54) is 0 Å². The van der Waals surface area contributed by atoms with E-state index in [1.807, 2.05) is 42.5 Å². The number of halogens is 1. The van der Waals surface area contributed by atoms with Crippen molar-refractivity contribution >= 4 is 17.1 Å². The summed E-state index contributed by atoms with van der Waals surface area (Å²) in [7, 11) is 0. The fraction of sp³-hybridized carbons (Fsp3) is 0. The van der Waals surface area contributed by atoms with Crippen molar-refractivity contribution in [1.29, 1.82) is 0 Å². The van der Waals surface area contributed by atoms with Gasteiger partial charge in [0, 0.05) is 16.1 Å². The summed E-state index contributed by atoms with van der Waals surface area (Å²) in [4.78, 5) is 12.2. The van der Waals surface area contributed by atoms with Crippen LogP contribution in [0.1, 0.15) is 0 Å². The molecule has 0 amide bonds. The highest BCUT2D eigenvalue weighted by Gasteiger charge is 2.11. The maximum absolute atomic E-state index is 12.2. The number of benzene rings is 2. The van der Waals surface area contributed by atoms with Crippen molar-refractivity contribution in [3.05, 3.63) is 82.3 Å². The molecule has 112 valence electrons. The molecule has 0 aliphatic rings. The smallest absolute Gasteiger partial charge is 0.362 e. The monoisotopic (exact) mass is 322 g/mol. The Morgan fingerprint density at radius 3 is 2.43 bits per heavy atom. The Labute approximate surface area is 136 Å². The molecular weight excluding hydrogens is 312 g/mol. The predicted molar refractivity (Wildman–Crippen MR) is 89.6 cm³/mol. The van der Waals surface area contributed by atoms with Gasteiger partial charge in [0.25, 0.3) is 0 Å². The normalized spacial score (nSPS) is 11.0. The molecule has 4 nitrogen and oxygen atoms in total. The molecule has 0 saturated heterocycles. The quantitative estimate of drug-likeness (QED) is 0.553. The Morgan fingerprint density at radius 1 is 0.957 bits per heavy atom. The molecule has 0 N–H and O–H groups in total. The van der Waals surface area contributed by atoms with Crippen LogP contribution in [-0.2, 0) is 0 Å². The van der Waals surface area contributed by atoms with Crippen molar-refractivity contribution in [2.24, 2.45) is 0 Å². The van der Waals surface area contributed by atoms with Crippen LogP contribution in [0.2, 0.25) is 5.02 Å². The molecule has 0 aliphatic heterocycles. The minimum Gasteiger partial charge on any atom is -0.420 e. The molecular formula is C18H11ClN2O2. The maximum atomic E-state index is 12.2. The maximum Gasteiger partial charge on any atom is 0.362 e. The minimum atomic E-state index is -0.418. The van der Waals surface area contributed by atoms with Gasteiger partial charge in [-0.1, -0.05) is 54.1 Å². The third-order valence-corrected chi connectivity index (χ3v) is 3.84. The number of rotatable bonds is 2. The van der Waals surface area contributed by atoms with Crippen molar-refractivity contribution < 1.29 is 4.42 Å². The van der Waals surface area contributed by atoms with Crippen LogP contribution < -0.4 is 5.63 Å². The summed E-state index contributed by atoms with van der Waals surface area (Å²) >= 11 is 5.90. The Bertz CT molecular complexity index is 1030. The molecule has 0 saturated carbocycles. The van der Waals surface area contributed by atoms with Gasteiger partial charge in [0.05, 0.1) is 11.9 Å². The van der Waals surface area contributed by atoms with E-state index >= 15 is 0 Å². The zero-order valence-corrected chi connectivity index (χ0v) is 12.7. The number of fused-ring (bicyclic) bond motifs is 1. The molecule has 0 radical (unpaired) electrons. The summed E-state index contributed by atoms with van der Waals surface area (Å²) in [6.45, 7) is 0. The zero-order valence-electron chi connectivity index (χ0n) is 11.9. The standard InChI is InChI=1S/C18H11ClN2O2/c19-14-8-6-12(7-9-14)15-10-16-18(22)23-17(11-21(16)20-15)13-4-2-1-3-5-13/h1-11H. The molecule has 0 fully saturated rings. The molecule has 2 aromatic carbocycles. The summed E-state index contributed by atoms with van der Waals surface area (Å²) in [6.07, 6.45) is 1.71. The first-order valence-electron chi connectivity index (χ1n) is 7.05. The van der Waals surface area contributed by atoms with Crippen LogP contribution in [0.15, 0.2) is 76.1 Å². The van der Waals surface area contributed by atoms with Crippen LogP contribution in [0.4, 0.5) is 0 Å². The van der Waals surface area contributed by atoms with E-state index in [4.69, 9.17) is 16.0 Å². The van der Waals surface area contributed by atoms with Gasteiger partial charge in [0.1, 0.15) is 0 Å². The largest absolute Gasteiger partial charge is 0.420 e. The molecule has 5 heteroatoms. The first-order valence-corrected chi connectivity index (χ1v) is 7.43. The second-order valence-electron chi connectivity index (χ2n) is 5.12. The van der Waals surface area contributed by atoms with Gasteiger partial charge < -0.3 is 4.42 Å². The van der Waals surface area contributed by atoms with Gasteiger partial charge in [-0.3, -0.25) is 0 Å². The topological polar surface area (TPSA) is 47.5 Å². The number of aromatic nitrogens is 2. The number of nitrogens with zero attached hydrogens (tertiary/aromatic N) is 2. The molecule has 23 heavy (non-hydrogen) atoms. The van der Waals surface area contributed by atoms with Crippen LogP contribution in [-0.4, -0.2) is 9.61 Å². The molecule has 0 atom stereocenters. The molecule has 4 aromatic rings. The van der Waals surface area contributed by atoms with Gasteiger partial charge in [0.15, 0.2) is 11.3 Å². The molecule has 0 bridgehead atoms. The van der Waals surface area contributed by atoms with Gasteiger partial charge in [0.2, 0.25) is 0 Å².